The molecule has 0 radical (unpaired) electrons. The summed E-state index contributed by atoms with van der Waals surface area (Å²) in [6.45, 7) is 1.20. The zero-order valence-corrected chi connectivity index (χ0v) is 22.6. The van der Waals surface area contributed by atoms with E-state index in [1.165, 1.54) is 11.6 Å². The molecule has 3 aromatic rings. The highest BCUT2D eigenvalue weighted by Gasteiger charge is 2.34. The molecule has 38 heavy (non-hydrogen) atoms. The number of carbonyl (C=O) groups is 4. The SMILES string of the molecule is CC(=O)c1nn(CC(=O)N(CC(=O)Nc2cccc(Cl)n2)C2CC2)c2ccc(CC(=O)C3CCCS3)cc12. The van der Waals surface area contributed by atoms with Crippen molar-refractivity contribution in [3.63, 3.8) is 0 Å². The molecule has 198 valence electrons. The van der Waals surface area contributed by atoms with E-state index in [0.717, 1.165) is 37.0 Å². The minimum Gasteiger partial charge on any atom is -0.329 e. The number of pyridine rings is 1. The maximum Gasteiger partial charge on any atom is 0.245 e. The molecule has 1 atom stereocenters. The lowest BCUT2D eigenvalue weighted by Crippen LogP contribution is -2.41. The van der Waals surface area contributed by atoms with Crippen LogP contribution in [0.2, 0.25) is 5.15 Å². The molecule has 1 saturated carbocycles. The first kappa shape index (κ1) is 26.4. The Bertz CT molecular complexity index is 1410. The van der Waals surface area contributed by atoms with E-state index < -0.39 is 0 Å². The first-order valence-corrected chi connectivity index (χ1v) is 14.1. The number of hydrogen-bond donors (Lipinski definition) is 1. The molecule has 11 heteroatoms. The lowest BCUT2D eigenvalue weighted by Gasteiger charge is -2.22. The summed E-state index contributed by atoms with van der Waals surface area (Å²) in [7, 11) is 0. The Kier molecular flexibility index (Phi) is 7.80. The standard InChI is InChI=1S/C27H28ClN5O4S/c1-16(34)27-19-12-17(13-21(35)22-4-3-11-38-22)7-10-20(19)33(31-27)15-26(37)32(18-8-9-18)14-25(36)30-24-6-2-5-23(28)29-24/h2,5-7,10,12,18,22H,3-4,8-9,11,13-15H2,1H3,(H,29,30,36). The van der Waals surface area contributed by atoms with Gasteiger partial charge in [-0.3, -0.25) is 23.9 Å². The Morgan fingerprint density at radius 1 is 1.16 bits per heavy atom. The number of nitrogens with one attached hydrogen (secondary N) is 1. The van der Waals surface area contributed by atoms with Crippen molar-refractivity contribution in [1.82, 2.24) is 19.7 Å². The molecule has 0 spiro atoms. The van der Waals surface area contributed by atoms with Crippen LogP contribution in [0.25, 0.3) is 10.9 Å². The van der Waals surface area contributed by atoms with Crippen LogP contribution in [0.3, 0.4) is 0 Å². The van der Waals surface area contributed by atoms with Crippen LogP contribution < -0.4 is 5.32 Å². The molecule has 2 aliphatic rings. The van der Waals surface area contributed by atoms with E-state index in [2.05, 4.69) is 15.4 Å². The van der Waals surface area contributed by atoms with Crippen LogP contribution >= 0.6 is 23.4 Å². The van der Waals surface area contributed by atoms with Gasteiger partial charge in [-0.2, -0.15) is 16.9 Å². The molecule has 5 rings (SSSR count). The van der Waals surface area contributed by atoms with E-state index in [4.69, 9.17) is 11.6 Å². The molecule has 1 N–H and O–H groups in total. The maximum absolute atomic E-state index is 13.3. The molecule has 2 amide bonds. The minimum atomic E-state index is -0.371. The van der Waals surface area contributed by atoms with Gasteiger partial charge >= 0.3 is 0 Å². The summed E-state index contributed by atoms with van der Waals surface area (Å²) in [5.41, 5.74) is 1.73. The number of hydrogen-bond acceptors (Lipinski definition) is 7. The van der Waals surface area contributed by atoms with Crippen LogP contribution in [-0.4, -0.2) is 66.6 Å². The van der Waals surface area contributed by atoms with Gasteiger partial charge in [-0.1, -0.05) is 23.7 Å². The summed E-state index contributed by atoms with van der Waals surface area (Å²) in [6.07, 6.45) is 3.93. The van der Waals surface area contributed by atoms with E-state index in [9.17, 15) is 19.2 Å². The van der Waals surface area contributed by atoms with Gasteiger partial charge < -0.3 is 10.2 Å². The van der Waals surface area contributed by atoms with Gasteiger partial charge in [-0.25, -0.2) is 4.98 Å². The van der Waals surface area contributed by atoms with Crippen LogP contribution in [0.5, 0.6) is 0 Å². The lowest BCUT2D eigenvalue weighted by molar-refractivity contribution is -0.135. The number of fused-ring (bicyclic) bond motifs is 1. The normalized spacial score (nSPS) is 16.9. The summed E-state index contributed by atoms with van der Waals surface area (Å²) in [4.78, 5) is 56.7. The van der Waals surface area contributed by atoms with Gasteiger partial charge in [0.15, 0.2) is 5.78 Å². The Balaban J connectivity index is 1.32. The fraction of sp³-hybridized carbons (Fsp3) is 0.407. The van der Waals surface area contributed by atoms with Crippen molar-refractivity contribution in [3.8, 4) is 0 Å². The fourth-order valence-corrected chi connectivity index (χ4v) is 6.09. The van der Waals surface area contributed by atoms with Gasteiger partial charge in [-0.15, -0.1) is 0 Å². The monoisotopic (exact) mass is 553 g/mol. The largest absolute Gasteiger partial charge is 0.329 e. The summed E-state index contributed by atoms with van der Waals surface area (Å²) >= 11 is 7.60. The average molecular weight is 554 g/mol. The number of ketones is 2. The highest BCUT2D eigenvalue weighted by molar-refractivity contribution is 8.00. The van der Waals surface area contributed by atoms with Crippen LogP contribution in [0.15, 0.2) is 36.4 Å². The van der Waals surface area contributed by atoms with Gasteiger partial charge in [0.2, 0.25) is 11.8 Å². The van der Waals surface area contributed by atoms with Gasteiger partial charge in [0, 0.05) is 24.8 Å². The summed E-state index contributed by atoms with van der Waals surface area (Å²) in [5.74, 6) is 0.675. The smallest absolute Gasteiger partial charge is 0.245 e. The van der Waals surface area contributed by atoms with Crippen molar-refractivity contribution in [2.45, 2.75) is 56.9 Å². The molecular formula is C27H28ClN5O4S. The van der Waals surface area contributed by atoms with Crippen LogP contribution in [0, 0.1) is 0 Å². The van der Waals surface area contributed by atoms with Crippen LogP contribution in [0.4, 0.5) is 5.82 Å². The average Bonchev–Trinajstić information content (AvgIpc) is 3.42. The van der Waals surface area contributed by atoms with Gasteiger partial charge in [0.1, 0.15) is 35.5 Å². The third kappa shape index (κ3) is 6.07. The number of aromatic nitrogens is 3. The Labute approximate surface area is 229 Å². The summed E-state index contributed by atoms with van der Waals surface area (Å²) in [5, 5.41) is 8.05. The Hall–Kier alpha value is -3.24. The molecule has 1 aliphatic heterocycles. The predicted molar refractivity (Wildman–Crippen MR) is 147 cm³/mol. The van der Waals surface area contributed by atoms with Crippen LogP contribution in [0.1, 0.15) is 48.7 Å². The quantitative estimate of drug-likeness (QED) is 0.299. The topological polar surface area (TPSA) is 114 Å². The van der Waals surface area contributed by atoms with Gasteiger partial charge in [0.25, 0.3) is 0 Å². The van der Waals surface area contributed by atoms with Gasteiger partial charge in [0.05, 0.1) is 10.8 Å². The van der Waals surface area contributed by atoms with E-state index in [-0.39, 0.29) is 58.6 Å². The molecule has 1 aromatic carbocycles. The number of benzene rings is 1. The fourth-order valence-electron chi connectivity index (χ4n) is 4.70. The molecule has 2 aromatic heterocycles. The second-order valence-electron chi connectivity index (χ2n) is 9.71. The van der Waals surface area contributed by atoms with E-state index in [1.807, 2.05) is 18.2 Å². The van der Waals surface area contributed by atoms with E-state index >= 15 is 0 Å². The Morgan fingerprint density at radius 3 is 2.66 bits per heavy atom. The zero-order valence-electron chi connectivity index (χ0n) is 21.0. The third-order valence-electron chi connectivity index (χ3n) is 6.71. The minimum absolute atomic E-state index is 0.0132. The van der Waals surface area contributed by atoms with Crippen molar-refractivity contribution in [2.75, 3.05) is 17.6 Å². The molecule has 1 aliphatic carbocycles. The van der Waals surface area contributed by atoms with Crippen molar-refractivity contribution in [1.29, 1.82) is 0 Å². The number of carbonyl (C=O) groups excluding carboxylic acids is 4. The number of halogens is 1. The van der Waals surface area contributed by atoms with Crippen molar-refractivity contribution < 1.29 is 19.2 Å². The number of nitrogens with zero attached hydrogens (tertiary/aromatic N) is 4. The number of thioether (sulfide) groups is 1. The highest BCUT2D eigenvalue weighted by atomic mass is 35.5. The molecule has 2 fully saturated rings. The summed E-state index contributed by atoms with van der Waals surface area (Å²) < 4.78 is 1.51. The number of Topliss-reactive ketones (excluding diaryl/α,β-unsaturated/α-hetero) is 2. The first-order valence-electron chi connectivity index (χ1n) is 12.6. The maximum atomic E-state index is 13.3. The number of rotatable bonds is 10. The van der Waals surface area contributed by atoms with Crippen molar-refractivity contribution in [3.05, 3.63) is 52.8 Å². The van der Waals surface area contributed by atoms with Crippen LogP contribution in [-0.2, 0) is 27.3 Å². The van der Waals surface area contributed by atoms with E-state index in [0.29, 0.717) is 23.1 Å². The zero-order chi connectivity index (χ0) is 26.8. The molecule has 3 heterocycles. The first-order chi connectivity index (χ1) is 18.3. The van der Waals surface area contributed by atoms with E-state index in [1.54, 1.807) is 34.9 Å². The molecule has 0 bridgehead atoms. The van der Waals surface area contributed by atoms with Gasteiger partial charge in [-0.05, 0) is 61.3 Å². The highest BCUT2D eigenvalue weighted by Crippen LogP contribution is 2.30. The number of anilines is 1. The number of amides is 2. The molecule has 9 nitrogen and oxygen atoms in total. The Morgan fingerprint density at radius 2 is 1.97 bits per heavy atom. The summed E-state index contributed by atoms with van der Waals surface area (Å²) in [6, 6.07) is 10.4. The molecule has 1 unspecified atom stereocenters. The third-order valence-corrected chi connectivity index (χ3v) is 8.34. The molecular weight excluding hydrogens is 526 g/mol. The second-order valence-corrected chi connectivity index (χ2v) is 11.4. The molecule has 1 saturated heterocycles. The predicted octanol–water partition coefficient (Wildman–Crippen LogP) is 3.92. The van der Waals surface area contributed by atoms with Crippen molar-refractivity contribution >= 4 is 63.5 Å². The van der Waals surface area contributed by atoms with Crippen molar-refractivity contribution in [2.24, 2.45) is 0 Å². The second kappa shape index (κ2) is 11.2. The lowest BCUT2D eigenvalue weighted by atomic mass is 10.0.